The Kier molecular flexibility index (Phi) is 4.71. The first kappa shape index (κ1) is 15.0. The number of allylic oxidation sites excluding steroid dienone is 2. The summed E-state index contributed by atoms with van der Waals surface area (Å²) in [5, 5.41) is 4.33. The van der Waals surface area contributed by atoms with Crippen molar-refractivity contribution in [3.8, 4) is 0 Å². The Morgan fingerprint density at radius 2 is 2.09 bits per heavy atom. The van der Waals surface area contributed by atoms with E-state index < -0.39 is 0 Å². The van der Waals surface area contributed by atoms with Crippen molar-refractivity contribution in [3.05, 3.63) is 59.3 Å². The van der Waals surface area contributed by atoms with Gasteiger partial charge in [0, 0.05) is 30.9 Å². The lowest BCUT2D eigenvalue weighted by molar-refractivity contribution is 0.0384. The molecule has 0 amide bonds. The number of ether oxygens (including phenoxy) is 1. The van der Waals surface area contributed by atoms with Crippen molar-refractivity contribution in [1.82, 2.24) is 10.3 Å². The zero-order chi connectivity index (χ0) is 15.4. The molecule has 0 spiro atoms. The lowest BCUT2D eigenvalue weighted by atomic mass is 9.99. The molecule has 0 atom stereocenters. The highest BCUT2D eigenvalue weighted by Gasteiger charge is 2.11. The van der Waals surface area contributed by atoms with Gasteiger partial charge in [-0.25, -0.2) is 0 Å². The van der Waals surface area contributed by atoms with Crippen LogP contribution in [0.1, 0.15) is 16.7 Å². The van der Waals surface area contributed by atoms with E-state index in [0.717, 1.165) is 56.2 Å². The van der Waals surface area contributed by atoms with E-state index in [9.17, 15) is 0 Å². The Morgan fingerprint density at radius 1 is 1.27 bits per heavy atom. The summed E-state index contributed by atoms with van der Waals surface area (Å²) in [7, 11) is 0. The average molecular weight is 297 g/mol. The van der Waals surface area contributed by atoms with Gasteiger partial charge in [-0.2, -0.15) is 5.10 Å². The monoisotopic (exact) mass is 297 g/mol. The highest BCUT2D eigenvalue weighted by atomic mass is 16.5. The number of benzene rings is 1. The van der Waals surface area contributed by atoms with E-state index in [1.54, 1.807) is 0 Å². The third kappa shape index (κ3) is 3.64. The van der Waals surface area contributed by atoms with E-state index >= 15 is 0 Å². The summed E-state index contributed by atoms with van der Waals surface area (Å²) in [4.78, 5) is 2.47. The topological polar surface area (TPSA) is 36.9 Å². The Labute approximate surface area is 132 Å². The highest BCUT2D eigenvalue weighted by Crippen LogP contribution is 2.15. The van der Waals surface area contributed by atoms with Crippen molar-refractivity contribution in [2.75, 3.05) is 32.8 Å². The fourth-order valence-corrected chi connectivity index (χ4v) is 2.79. The number of rotatable bonds is 4. The van der Waals surface area contributed by atoms with Crippen molar-refractivity contribution in [2.24, 2.45) is 5.10 Å². The largest absolute Gasteiger partial charge is 0.379 e. The van der Waals surface area contributed by atoms with E-state index in [1.807, 2.05) is 12.2 Å². The Balaban J connectivity index is 1.64. The van der Waals surface area contributed by atoms with Crippen molar-refractivity contribution in [3.63, 3.8) is 0 Å². The van der Waals surface area contributed by atoms with Crippen molar-refractivity contribution >= 4 is 5.71 Å². The van der Waals surface area contributed by atoms with Crippen LogP contribution in [0.15, 0.2) is 47.7 Å². The number of morpholine rings is 1. The van der Waals surface area contributed by atoms with Crippen LogP contribution in [-0.4, -0.2) is 43.5 Å². The highest BCUT2D eigenvalue weighted by molar-refractivity contribution is 6.09. The number of hydrogen-bond donors (Lipinski definition) is 1. The molecule has 22 heavy (non-hydrogen) atoms. The Hall–Kier alpha value is -1.91. The maximum absolute atomic E-state index is 5.39. The summed E-state index contributed by atoms with van der Waals surface area (Å²) in [6.07, 6.45) is 5.04. The summed E-state index contributed by atoms with van der Waals surface area (Å²) in [6.45, 7) is 10.9. The molecule has 3 rings (SSSR count). The molecule has 0 aromatic heterocycles. The van der Waals surface area contributed by atoms with Gasteiger partial charge in [0.2, 0.25) is 0 Å². The molecule has 2 aliphatic rings. The van der Waals surface area contributed by atoms with E-state index in [-0.39, 0.29) is 0 Å². The van der Waals surface area contributed by atoms with Crippen LogP contribution >= 0.6 is 0 Å². The van der Waals surface area contributed by atoms with Gasteiger partial charge < -0.3 is 4.74 Å². The molecule has 4 heteroatoms. The van der Waals surface area contributed by atoms with E-state index in [2.05, 4.69) is 47.1 Å². The maximum atomic E-state index is 5.39. The van der Waals surface area contributed by atoms with Gasteiger partial charge in [0.15, 0.2) is 0 Å². The van der Waals surface area contributed by atoms with Crippen LogP contribution in [0.4, 0.5) is 0 Å². The number of aryl methyl sites for hydroxylation is 1. The Morgan fingerprint density at radius 3 is 2.77 bits per heavy atom. The van der Waals surface area contributed by atoms with Crippen LogP contribution in [0.25, 0.3) is 0 Å². The molecule has 116 valence electrons. The van der Waals surface area contributed by atoms with Gasteiger partial charge in [0.1, 0.15) is 0 Å². The van der Waals surface area contributed by atoms with Crippen LogP contribution in [0, 0.1) is 6.92 Å². The quantitative estimate of drug-likeness (QED) is 0.926. The molecule has 1 N–H and O–H groups in total. The molecule has 0 saturated carbocycles. The molecule has 1 saturated heterocycles. The molecule has 0 radical (unpaired) electrons. The molecule has 1 fully saturated rings. The van der Waals surface area contributed by atoms with Crippen molar-refractivity contribution in [1.29, 1.82) is 0 Å². The third-order valence-electron chi connectivity index (χ3n) is 4.20. The SMILES string of the molecule is C=C1C=CC(c2ccc(CCN3CCOCC3)c(C)c2)=NN1. The molecular weight excluding hydrogens is 274 g/mol. The van der Waals surface area contributed by atoms with Crippen LogP contribution in [0.2, 0.25) is 0 Å². The molecule has 1 aromatic carbocycles. The van der Waals surface area contributed by atoms with Gasteiger partial charge in [-0.15, -0.1) is 0 Å². The number of nitrogens with zero attached hydrogens (tertiary/aromatic N) is 2. The van der Waals surface area contributed by atoms with E-state index in [1.165, 1.54) is 11.1 Å². The van der Waals surface area contributed by atoms with Crippen LogP contribution in [0.3, 0.4) is 0 Å². The van der Waals surface area contributed by atoms with Gasteiger partial charge in [-0.1, -0.05) is 18.7 Å². The summed E-state index contributed by atoms with van der Waals surface area (Å²) in [5.74, 6) is 0. The predicted octanol–water partition coefficient (Wildman–Crippen LogP) is 2.25. The second-order valence-electron chi connectivity index (χ2n) is 5.81. The minimum absolute atomic E-state index is 0.822. The number of hydrogen-bond acceptors (Lipinski definition) is 4. The summed E-state index contributed by atoms with van der Waals surface area (Å²) < 4.78 is 5.39. The molecule has 1 aromatic rings. The molecule has 4 nitrogen and oxygen atoms in total. The zero-order valence-electron chi connectivity index (χ0n) is 13.1. The maximum Gasteiger partial charge on any atom is 0.0906 e. The van der Waals surface area contributed by atoms with Crippen LogP contribution < -0.4 is 5.43 Å². The fourth-order valence-electron chi connectivity index (χ4n) is 2.79. The van der Waals surface area contributed by atoms with Crippen molar-refractivity contribution < 1.29 is 4.74 Å². The third-order valence-corrected chi connectivity index (χ3v) is 4.20. The molecule has 0 unspecified atom stereocenters. The lowest BCUT2D eigenvalue weighted by Gasteiger charge is -2.26. The van der Waals surface area contributed by atoms with Gasteiger partial charge >= 0.3 is 0 Å². The minimum Gasteiger partial charge on any atom is -0.379 e. The number of nitrogens with one attached hydrogen (secondary N) is 1. The second-order valence-corrected chi connectivity index (χ2v) is 5.81. The molecule has 0 aliphatic carbocycles. The first-order valence-electron chi connectivity index (χ1n) is 7.83. The van der Waals surface area contributed by atoms with Gasteiger partial charge in [0.25, 0.3) is 0 Å². The first-order chi connectivity index (χ1) is 10.7. The molecule has 2 aliphatic heterocycles. The predicted molar refractivity (Wildman–Crippen MR) is 90.1 cm³/mol. The standard InChI is InChI=1S/C18H23N3O/c1-14-13-17(18-6-3-15(2)19-20-18)5-4-16(14)7-8-21-9-11-22-12-10-21/h3-6,13,19H,2,7-12H2,1H3. The summed E-state index contributed by atoms with van der Waals surface area (Å²) >= 11 is 0. The van der Waals surface area contributed by atoms with Gasteiger partial charge in [-0.05, 0) is 42.7 Å². The van der Waals surface area contributed by atoms with E-state index in [0.29, 0.717) is 0 Å². The van der Waals surface area contributed by atoms with Crippen molar-refractivity contribution in [2.45, 2.75) is 13.3 Å². The smallest absolute Gasteiger partial charge is 0.0906 e. The molecule has 2 heterocycles. The molecular formula is C18H23N3O. The summed E-state index contributed by atoms with van der Waals surface area (Å²) in [6, 6.07) is 6.60. The average Bonchev–Trinajstić information content (AvgIpc) is 2.55. The van der Waals surface area contributed by atoms with Gasteiger partial charge in [0.05, 0.1) is 18.9 Å². The fraction of sp³-hybridized carbons (Fsp3) is 0.389. The van der Waals surface area contributed by atoms with Gasteiger partial charge in [-0.3, -0.25) is 10.3 Å². The minimum atomic E-state index is 0.822. The van der Waals surface area contributed by atoms with Crippen LogP contribution in [0.5, 0.6) is 0 Å². The first-order valence-corrected chi connectivity index (χ1v) is 7.83. The normalized spacial score (nSPS) is 19.0. The Bertz CT molecular complexity index is 613. The zero-order valence-corrected chi connectivity index (χ0v) is 13.1. The molecule has 0 bridgehead atoms. The number of hydrazone groups is 1. The summed E-state index contributed by atoms with van der Waals surface area (Å²) in [5.41, 5.74) is 8.57. The second kappa shape index (κ2) is 6.90. The lowest BCUT2D eigenvalue weighted by Crippen LogP contribution is -2.37. The van der Waals surface area contributed by atoms with Crippen LogP contribution in [-0.2, 0) is 11.2 Å². The van der Waals surface area contributed by atoms with E-state index in [4.69, 9.17) is 4.74 Å².